The summed E-state index contributed by atoms with van der Waals surface area (Å²) in [6, 6.07) is 13.2. The topological polar surface area (TPSA) is 84.9 Å². The second-order valence-corrected chi connectivity index (χ2v) is 9.43. The van der Waals surface area contributed by atoms with E-state index in [1.54, 1.807) is 7.11 Å². The molecule has 0 aromatic heterocycles. The molecule has 8 heteroatoms. The number of sulfonamides is 1. The maximum Gasteiger partial charge on any atom is 0.257 e. The molecule has 0 unspecified atom stereocenters. The molecule has 0 atom stereocenters. The number of nitrogens with zero attached hydrogens (tertiary/aromatic N) is 1. The maximum absolute atomic E-state index is 12.7. The van der Waals surface area contributed by atoms with Crippen molar-refractivity contribution in [1.82, 2.24) is 9.62 Å². The molecule has 3 rings (SSSR count). The zero-order valence-electron chi connectivity index (χ0n) is 17.4. The molecule has 0 aliphatic carbocycles. The van der Waals surface area contributed by atoms with Crippen LogP contribution in [0, 0.1) is 6.92 Å². The second-order valence-electron chi connectivity index (χ2n) is 7.34. The first-order chi connectivity index (χ1) is 14.4. The van der Waals surface area contributed by atoms with E-state index in [-0.39, 0.29) is 24.8 Å². The molecule has 30 heavy (non-hydrogen) atoms. The molecule has 0 spiro atoms. The van der Waals surface area contributed by atoms with Gasteiger partial charge in [0.1, 0.15) is 11.5 Å². The molecule has 1 amide bonds. The van der Waals surface area contributed by atoms with E-state index in [0.29, 0.717) is 31.7 Å². The smallest absolute Gasteiger partial charge is 0.257 e. The fourth-order valence-electron chi connectivity index (χ4n) is 3.31. The molecular formula is C22H28N2O5S. The van der Waals surface area contributed by atoms with Crippen LogP contribution in [0.15, 0.2) is 42.5 Å². The molecule has 2 aromatic carbocycles. The number of carbonyl (C=O) groups is 1. The number of hydrogen-bond acceptors (Lipinski definition) is 5. The Kier molecular flexibility index (Phi) is 7.33. The number of methoxy groups -OCH3 is 1. The number of hydrogen-bond donors (Lipinski definition) is 1. The van der Waals surface area contributed by atoms with Crippen molar-refractivity contribution in [2.75, 3.05) is 32.6 Å². The first-order valence-corrected chi connectivity index (χ1v) is 11.6. The number of benzene rings is 2. The lowest BCUT2D eigenvalue weighted by Gasteiger charge is -2.28. The van der Waals surface area contributed by atoms with Crippen LogP contribution >= 0.6 is 0 Å². The van der Waals surface area contributed by atoms with E-state index in [2.05, 4.69) is 5.32 Å². The summed E-state index contributed by atoms with van der Waals surface area (Å²) in [5.74, 6) is 1.14. The third-order valence-electron chi connectivity index (χ3n) is 5.08. The van der Waals surface area contributed by atoms with E-state index < -0.39 is 10.0 Å². The number of amides is 1. The SMILES string of the molecule is COc1ccc2c(c1)CCN(S(=O)(=O)CCCNC(=O)COc1ccc(C)cc1)C2. The lowest BCUT2D eigenvalue weighted by Crippen LogP contribution is -2.38. The van der Waals surface area contributed by atoms with Gasteiger partial charge in [0.2, 0.25) is 10.0 Å². The number of fused-ring (bicyclic) bond motifs is 1. The van der Waals surface area contributed by atoms with E-state index in [1.165, 1.54) is 4.31 Å². The summed E-state index contributed by atoms with van der Waals surface area (Å²) in [7, 11) is -1.76. The molecule has 1 N–H and O–H groups in total. The van der Waals surface area contributed by atoms with Crippen molar-refractivity contribution in [3.8, 4) is 11.5 Å². The highest BCUT2D eigenvalue weighted by Gasteiger charge is 2.26. The number of ether oxygens (including phenoxy) is 2. The predicted octanol–water partition coefficient (Wildman–Crippen LogP) is 2.28. The molecule has 7 nitrogen and oxygen atoms in total. The number of carbonyl (C=O) groups excluding carboxylic acids is 1. The Hall–Kier alpha value is -2.58. The van der Waals surface area contributed by atoms with E-state index in [9.17, 15) is 13.2 Å². The molecule has 0 radical (unpaired) electrons. The first kappa shape index (κ1) is 22.1. The fraction of sp³-hybridized carbons (Fsp3) is 0.409. The van der Waals surface area contributed by atoms with Crippen LogP contribution < -0.4 is 14.8 Å². The predicted molar refractivity (Wildman–Crippen MR) is 115 cm³/mol. The average Bonchev–Trinajstić information content (AvgIpc) is 2.75. The van der Waals surface area contributed by atoms with Crippen LogP contribution in [0.2, 0.25) is 0 Å². The average molecular weight is 433 g/mol. The van der Waals surface area contributed by atoms with Gasteiger partial charge in [-0.2, -0.15) is 4.31 Å². The van der Waals surface area contributed by atoms with Crippen molar-refractivity contribution in [3.63, 3.8) is 0 Å². The van der Waals surface area contributed by atoms with Crippen LogP contribution in [0.4, 0.5) is 0 Å². The molecule has 0 bridgehead atoms. The Balaban J connectivity index is 1.40. The third kappa shape index (κ3) is 5.96. The van der Waals surface area contributed by atoms with Crippen LogP contribution in [0.25, 0.3) is 0 Å². The summed E-state index contributed by atoms with van der Waals surface area (Å²) in [6.45, 7) is 3.00. The summed E-state index contributed by atoms with van der Waals surface area (Å²) in [5.41, 5.74) is 3.25. The van der Waals surface area contributed by atoms with Gasteiger partial charge in [0.05, 0.1) is 12.9 Å². The Labute approximate surface area is 178 Å². The molecule has 0 saturated carbocycles. The van der Waals surface area contributed by atoms with Gasteiger partial charge in [-0.15, -0.1) is 0 Å². The van der Waals surface area contributed by atoms with E-state index >= 15 is 0 Å². The summed E-state index contributed by atoms with van der Waals surface area (Å²) < 4.78 is 37.5. The van der Waals surface area contributed by atoms with Crippen molar-refractivity contribution in [3.05, 3.63) is 59.2 Å². The lowest BCUT2D eigenvalue weighted by molar-refractivity contribution is -0.123. The van der Waals surface area contributed by atoms with Gasteiger partial charge in [-0.1, -0.05) is 23.8 Å². The first-order valence-electron chi connectivity index (χ1n) is 9.97. The van der Waals surface area contributed by atoms with Gasteiger partial charge in [-0.05, 0) is 55.2 Å². The maximum atomic E-state index is 12.7. The highest BCUT2D eigenvalue weighted by molar-refractivity contribution is 7.89. The quantitative estimate of drug-likeness (QED) is 0.615. The molecule has 1 heterocycles. The van der Waals surface area contributed by atoms with Gasteiger partial charge in [-0.3, -0.25) is 4.79 Å². The fourth-order valence-corrected chi connectivity index (χ4v) is 4.79. The normalized spacial score (nSPS) is 14.1. The van der Waals surface area contributed by atoms with Gasteiger partial charge < -0.3 is 14.8 Å². The van der Waals surface area contributed by atoms with E-state index in [4.69, 9.17) is 9.47 Å². The van der Waals surface area contributed by atoms with Crippen molar-refractivity contribution in [1.29, 1.82) is 0 Å². The number of rotatable bonds is 9. The Morgan fingerprint density at radius 1 is 1.10 bits per heavy atom. The van der Waals surface area contributed by atoms with Crippen molar-refractivity contribution >= 4 is 15.9 Å². The molecule has 2 aromatic rings. The minimum absolute atomic E-state index is 0.00239. The molecule has 162 valence electrons. The summed E-state index contributed by atoms with van der Waals surface area (Å²) in [5, 5.41) is 2.71. The van der Waals surface area contributed by atoms with Gasteiger partial charge in [0.15, 0.2) is 6.61 Å². The van der Waals surface area contributed by atoms with Crippen LogP contribution in [0.3, 0.4) is 0 Å². The van der Waals surface area contributed by atoms with Gasteiger partial charge in [0.25, 0.3) is 5.91 Å². The second kappa shape index (κ2) is 9.95. The van der Waals surface area contributed by atoms with Gasteiger partial charge in [0, 0.05) is 19.6 Å². The molecule has 0 saturated heterocycles. The Bertz CT molecular complexity index is 974. The zero-order valence-corrected chi connectivity index (χ0v) is 18.2. The van der Waals surface area contributed by atoms with Crippen LogP contribution in [-0.4, -0.2) is 51.2 Å². The monoisotopic (exact) mass is 432 g/mol. The number of aryl methyl sites for hydroxylation is 1. The van der Waals surface area contributed by atoms with Gasteiger partial charge in [-0.25, -0.2) is 8.42 Å². The van der Waals surface area contributed by atoms with E-state index in [1.807, 2.05) is 49.4 Å². The minimum Gasteiger partial charge on any atom is -0.497 e. The summed E-state index contributed by atoms with van der Waals surface area (Å²) >= 11 is 0. The minimum atomic E-state index is -3.38. The molecule has 1 aliphatic heterocycles. The molecule has 0 fully saturated rings. The highest BCUT2D eigenvalue weighted by Crippen LogP contribution is 2.25. The van der Waals surface area contributed by atoms with Gasteiger partial charge >= 0.3 is 0 Å². The van der Waals surface area contributed by atoms with Crippen molar-refractivity contribution in [2.45, 2.75) is 26.3 Å². The molecule has 1 aliphatic rings. The summed E-state index contributed by atoms with van der Waals surface area (Å²) in [4.78, 5) is 11.9. The zero-order chi connectivity index (χ0) is 21.6. The Morgan fingerprint density at radius 3 is 2.57 bits per heavy atom. The standard InChI is InChI=1S/C22H28N2O5S/c1-17-4-7-20(8-5-17)29-16-22(25)23-11-3-13-30(26,27)24-12-10-18-14-21(28-2)9-6-19(18)15-24/h4-9,14H,3,10-13,15-16H2,1-2H3,(H,23,25). The highest BCUT2D eigenvalue weighted by atomic mass is 32.2. The van der Waals surface area contributed by atoms with Crippen molar-refractivity contribution in [2.24, 2.45) is 0 Å². The van der Waals surface area contributed by atoms with Crippen LogP contribution in [0.1, 0.15) is 23.1 Å². The van der Waals surface area contributed by atoms with Crippen LogP contribution in [0.5, 0.6) is 11.5 Å². The van der Waals surface area contributed by atoms with E-state index in [0.717, 1.165) is 22.4 Å². The van der Waals surface area contributed by atoms with Crippen LogP contribution in [-0.2, 0) is 27.8 Å². The summed E-state index contributed by atoms with van der Waals surface area (Å²) in [6.07, 6.45) is 1.02. The number of nitrogens with one attached hydrogen (secondary N) is 1. The largest absolute Gasteiger partial charge is 0.497 e. The lowest BCUT2D eigenvalue weighted by atomic mass is 10.0. The Morgan fingerprint density at radius 2 is 1.83 bits per heavy atom. The van der Waals surface area contributed by atoms with Crippen molar-refractivity contribution < 1.29 is 22.7 Å². The third-order valence-corrected chi connectivity index (χ3v) is 6.98. The molecular weight excluding hydrogens is 404 g/mol.